The molecule has 10 nitrogen and oxygen atoms in total. The maximum Gasteiger partial charge on any atom is 0.231 e. The first-order valence-electron chi connectivity index (χ1n) is 5.35. The quantitative estimate of drug-likeness (QED) is 0.413. The second-order valence-electron chi connectivity index (χ2n) is 3.33. The van der Waals surface area contributed by atoms with Gasteiger partial charge in [-0.2, -0.15) is 15.0 Å². The second-order valence-corrected chi connectivity index (χ2v) is 4.73. The van der Waals surface area contributed by atoms with Gasteiger partial charge in [0, 0.05) is 13.7 Å². The number of anilines is 3. The second kappa shape index (κ2) is 7.01. The van der Waals surface area contributed by atoms with Crippen LogP contribution in [0, 0.1) is 0 Å². The van der Waals surface area contributed by atoms with Crippen LogP contribution in [0.25, 0.3) is 0 Å². The Morgan fingerprint density at radius 3 is 2.11 bits per heavy atom. The lowest BCUT2D eigenvalue weighted by molar-refractivity contribution is 0.220. The Balaban J connectivity index is 2.85. The minimum atomic E-state index is -4.40. The van der Waals surface area contributed by atoms with E-state index in [-0.39, 0.29) is 24.6 Å². The Morgan fingerprint density at radius 2 is 1.63 bits per heavy atom. The summed E-state index contributed by atoms with van der Waals surface area (Å²) in [6, 6.07) is 0. The summed E-state index contributed by atoms with van der Waals surface area (Å²) in [5, 5.41) is 7.91. The molecule has 0 atom stereocenters. The van der Waals surface area contributed by atoms with E-state index < -0.39 is 16.0 Å². The summed E-state index contributed by atoms with van der Waals surface area (Å²) in [4.78, 5) is 11.8. The predicted octanol–water partition coefficient (Wildman–Crippen LogP) is -0.766. The molecule has 0 aliphatic heterocycles. The van der Waals surface area contributed by atoms with Crippen molar-refractivity contribution in [3.05, 3.63) is 0 Å². The lowest BCUT2D eigenvalue weighted by atomic mass is 10.7. The van der Waals surface area contributed by atoms with Crippen molar-refractivity contribution in [2.75, 3.05) is 42.2 Å². The first-order valence-corrected chi connectivity index (χ1v) is 6.92. The van der Waals surface area contributed by atoms with Gasteiger partial charge in [0.2, 0.25) is 17.8 Å². The maximum atomic E-state index is 10.5. The van der Waals surface area contributed by atoms with Crippen molar-refractivity contribution < 1.29 is 17.7 Å². The van der Waals surface area contributed by atoms with Gasteiger partial charge in [0.25, 0.3) is 0 Å². The number of nitrogens with one attached hydrogen (secondary N) is 3. The largest absolute Gasteiger partial charge is 0.747 e. The van der Waals surface area contributed by atoms with Crippen molar-refractivity contribution in [1.29, 1.82) is 0 Å². The number of ether oxygens (including phenoxy) is 1. The average molecular weight is 291 g/mol. The standard InChI is InChI=1S/C8H16N6O4S/c1-3-9-6-12-7(10-4-18-2)14-8(13-6)11-5-19(15,16)17/h3-5H2,1-2H3,(H,15,16,17)(H3,9,10,11,12,13,14)/p-1. The molecule has 0 amide bonds. The number of nitrogens with zero attached hydrogens (tertiary/aromatic N) is 3. The monoisotopic (exact) mass is 291 g/mol. The number of aromatic nitrogens is 3. The van der Waals surface area contributed by atoms with Crippen LogP contribution >= 0.6 is 0 Å². The molecule has 1 rings (SSSR count). The van der Waals surface area contributed by atoms with Crippen molar-refractivity contribution in [3.8, 4) is 0 Å². The highest BCUT2D eigenvalue weighted by atomic mass is 32.2. The highest BCUT2D eigenvalue weighted by Gasteiger charge is 2.06. The fraction of sp³-hybridized carbons (Fsp3) is 0.625. The number of hydrogen-bond donors (Lipinski definition) is 3. The highest BCUT2D eigenvalue weighted by Crippen LogP contribution is 2.09. The van der Waals surface area contributed by atoms with Gasteiger partial charge in [0.05, 0.1) is 0 Å². The van der Waals surface area contributed by atoms with E-state index >= 15 is 0 Å². The van der Waals surface area contributed by atoms with Gasteiger partial charge in [-0.25, -0.2) is 8.42 Å². The molecule has 0 saturated heterocycles. The zero-order chi connectivity index (χ0) is 14.3. The average Bonchev–Trinajstić information content (AvgIpc) is 2.33. The zero-order valence-corrected chi connectivity index (χ0v) is 11.3. The Kier molecular flexibility index (Phi) is 5.66. The topological polar surface area (TPSA) is 141 Å². The minimum absolute atomic E-state index is 0.0241. The third-order valence-corrected chi connectivity index (χ3v) is 2.25. The number of hydrogen-bond acceptors (Lipinski definition) is 10. The Morgan fingerprint density at radius 1 is 1.11 bits per heavy atom. The molecule has 1 aromatic heterocycles. The molecular weight excluding hydrogens is 276 g/mol. The van der Waals surface area contributed by atoms with Crippen molar-refractivity contribution in [3.63, 3.8) is 0 Å². The lowest BCUT2D eigenvalue weighted by Crippen LogP contribution is -2.17. The van der Waals surface area contributed by atoms with Gasteiger partial charge in [0.1, 0.15) is 22.7 Å². The summed E-state index contributed by atoms with van der Waals surface area (Å²) in [6.07, 6.45) is 0. The lowest BCUT2D eigenvalue weighted by Gasteiger charge is -2.11. The van der Waals surface area contributed by atoms with Gasteiger partial charge in [-0.1, -0.05) is 0 Å². The summed E-state index contributed by atoms with van der Waals surface area (Å²) >= 11 is 0. The molecule has 108 valence electrons. The molecule has 3 N–H and O–H groups in total. The van der Waals surface area contributed by atoms with Crippen LogP contribution in [-0.2, 0) is 14.9 Å². The van der Waals surface area contributed by atoms with E-state index in [4.69, 9.17) is 4.74 Å². The molecule has 0 saturated carbocycles. The summed E-state index contributed by atoms with van der Waals surface area (Å²) < 4.78 is 36.4. The molecule has 1 heterocycles. The third kappa shape index (κ3) is 6.13. The summed E-state index contributed by atoms with van der Waals surface area (Å²) in [7, 11) is -2.92. The summed E-state index contributed by atoms with van der Waals surface area (Å²) in [5.74, 6) is -0.378. The van der Waals surface area contributed by atoms with Crippen LogP contribution in [-0.4, -0.2) is 54.2 Å². The van der Waals surface area contributed by atoms with E-state index in [0.717, 1.165) is 0 Å². The maximum absolute atomic E-state index is 10.5. The van der Waals surface area contributed by atoms with Crippen molar-refractivity contribution in [2.24, 2.45) is 0 Å². The Labute approximate surface area is 110 Å². The molecule has 0 radical (unpaired) electrons. The van der Waals surface area contributed by atoms with Crippen molar-refractivity contribution in [1.82, 2.24) is 15.0 Å². The summed E-state index contributed by atoms with van der Waals surface area (Å²) in [5.41, 5.74) is 0. The Hall–Kier alpha value is -1.72. The first-order chi connectivity index (χ1) is 8.94. The molecule has 0 aliphatic carbocycles. The SMILES string of the molecule is CCNc1nc(NCOC)nc(NCS(=O)(=O)[O-])n1. The van der Waals surface area contributed by atoms with Gasteiger partial charge < -0.3 is 25.2 Å². The van der Waals surface area contributed by atoms with Crippen LogP contribution in [0.3, 0.4) is 0 Å². The molecule has 0 aliphatic rings. The fourth-order valence-corrected chi connectivity index (χ4v) is 1.37. The van der Waals surface area contributed by atoms with Crippen LogP contribution in [0.5, 0.6) is 0 Å². The molecule has 0 aromatic carbocycles. The van der Waals surface area contributed by atoms with Crippen LogP contribution in [0.2, 0.25) is 0 Å². The van der Waals surface area contributed by atoms with E-state index in [2.05, 4.69) is 30.9 Å². The van der Waals surface area contributed by atoms with Crippen molar-refractivity contribution in [2.45, 2.75) is 6.92 Å². The van der Waals surface area contributed by atoms with E-state index in [1.165, 1.54) is 7.11 Å². The third-order valence-electron chi connectivity index (χ3n) is 1.75. The van der Waals surface area contributed by atoms with Gasteiger partial charge in [-0.05, 0) is 6.92 Å². The van der Waals surface area contributed by atoms with E-state index in [1.807, 2.05) is 6.92 Å². The Bertz CT molecular complexity index is 508. The van der Waals surface area contributed by atoms with Crippen LogP contribution in [0.1, 0.15) is 6.92 Å². The highest BCUT2D eigenvalue weighted by molar-refractivity contribution is 7.85. The van der Waals surface area contributed by atoms with Crippen LogP contribution < -0.4 is 16.0 Å². The normalized spacial score (nSPS) is 11.1. The molecule has 0 bridgehead atoms. The minimum Gasteiger partial charge on any atom is -0.747 e. The molecular formula is C8H15N6O4S-. The van der Waals surface area contributed by atoms with E-state index in [9.17, 15) is 13.0 Å². The van der Waals surface area contributed by atoms with Gasteiger partial charge in [0.15, 0.2) is 0 Å². The molecule has 0 spiro atoms. The van der Waals surface area contributed by atoms with Crippen molar-refractivity contribution >= 4 is 28.0 Å². The van der Waals surface area contributed by atoms with Gasteiger partial charge in [-0.15, -0.1) is 0 Å². The molecule has 19 heavy (non-hydrogen) atoms. The summed E-state index contributed by atoms with van der Waals surface area (Å²) in [6.45, 7) is 2.60. The molecule has 0 unspecified atom stereocenters. The fourth-order valence-electron chi connectivity index (χ4n) is 1.06. The van der Waals surface area contributed by atoms with Gasteiger partial charge in [-0.3, -0.25) is 0 Å². The number of methoxy groups -OCH3 is 1. The van der Waals surface area contributed by atoms with E-state index in [0.29, 0.717) is 6.54 Å². The van der Waals surface area contributed by atoms with Crippen LogP contribution in [0.4, 0.5) is 17.8 Å². The zero-order valence-electron chi connectivity index (χ0n) is 10.5. The van der Waals surface area contributed by atoms with E-state index in [1.54, 1.807) is 0 Å². The van der Waals surface area contributed by atoms with Gasteiger partial charge >= 0.3 is 0 Å². The number of rotatable bonds is 8. The smallest absolute Gasteiger partial charge is 0.231 e. The molecule has 1 aromatic rings. The predicted molar refractivity (Wildman–Crippen MR) is 67.7 cm³/mol. The molecule has 0 fully saturated rings. The first kappa shape index (κ1) is 15.3. The molecule has 11 heteroatoms. The van der Waals surface area contributed by atoms with Crippen LogP contribution in [0.15, 0.2) is 0 Å².